The Labute approximate surface area is 187 Å². The Morgan fingerprint density at radius 2 is 1.71 bits per heavy atom. The van der Waals surface area contributed by atoms with Crippen LogP contribution in [0.1, 0.15) is 28.4 Å². The van der Waals surface area contributed by atoms with Crippen LogP contribution in [0, 0.1) is 6.92 Å². The van der Waals surface area contributed by atoms with Crippen molar-refractivity contribution in [2.24, 2.45) is 0 Å². The van der Waals surface area contributed by atoms with Crippen LogP contribution in [0.5, 0.6) is 5.75 Å². The third-order valence-electron chi connectivity index (χ3n) is 4.78. The number of hydrogen-bond donors (Lipinski definition) is 2. The zero-order chi connectivity index (χ0) is 22.2. The van der Waals surface area contributed by atoms with Crippen LogP contribution in [0.2, 0.25) is 5.02 Å². The highest BCUT2D eigenvalue weighted by atomic mass is 35.5. The first-order valence-electron chi connectivity index (χ1n) is 10.1. The number of ether oxygens (including phenoxy) is 1. The topological polar surface area (TPSA) is 67.4 Å². The van der Waals surface area contributed by atoms with E-state index in [1.807, 2.05) is 37.3 Å². The summed E-state index contributed by atoms with van der Waals surface area (Å²) in [6.07, 6.45) is -0.0262. The number of hydrogen-bond acceptors (Lipinski definition) is 3. The molecule has 0 aromatic heterocycles. The van der Waals surface area contributed by atoms with Gasteiger partial charge in [-0.2, -0.15) is 0 Å². The number of anilines is 1. The van der Waals surface area contributed by atoms with E-state index in [-0.39, 0.29) is 11.8 Å². The van der Waals surface area contributed by atoms with Crippen molar-refractivity contribution in [2.45, 2.75) is 26.4 Å². The average Bonchev–Trinajstić information content (AvgIpc) is 2.77. The minimum atomic E-state index is -0.755. The number of aryl methyl sites for hydroxylation is 1. The second-order valence-electron chi connectivity index (χ2n) is 7.20. The largest absolute Gasteiger partial charge is 0.481 e. The summed E-state index contributed by atoms with van der Waals surface area (Å²) in [5.41, 5.74) is 2.85. The van der Waals surface area contributed by atoms with Crippen molar-refractivity contribution in [2.75, 3.05) is 11.9 Å². The van der Waals surface area contributed by atoms with Gasteiger partial charge in [-0.1, -0.05) is 54.1 Å². The lowest BCUT2D eigenvalue weighted by Crippen LogP contribution is -2.32. The van der Waals surface area contributed by atoms with E-state index in [4.69, 9.17) is 16.3 Å². The lowest BCUT2D eigenvalue weighted by atomic mass is 10.1. The van der Waals surface area contributed by atoms with Gasteiger partial charge in [-0.15, -0.1) is 0 Å². The summed E-state index contributed by atoms with van der Waals surface area (Å²) < 4.78 is 5.73. The summed E-state index contributed by atoms with van der Waals surface area (Å²) in [5.74, 6) is -0.0395. The molecule has 3 aromatic carbocycles. The van der Waals surface area contributed by atoms with Crippen LogP contribution in [0.25, 0.3) is 0 Å². The van der Waals surface area contributed by atoms with Gasteiger partial charge in [-0.3, -0.25) is 9.59 Å². The zero-order valence-electron chi connectivity index (χ0n) is 17.5. The molecule has 5 nitrogen and oxygen atoms in total. The maximum atomic E-state index is 12.7. The van der Waals surface area contributed by atoms with Crippen LogP contribution < -0.4 is 15.4 Å². The van der Waals surface area contributed by atoms with E-state index < -0.39 is 6.10 Å². The molecule has 3 aromatic rings. The first-order chi connectivity index (χ1) is 14.9. The van der Waals surface area contributed by atoms with Crippen molar-refractivity contribution >= 4 is 29.1 Å². The third kappa shape index (κ3) is 6.33. The quantitative estimate of drug-likeness (QED) is 0.520. The van der Waals surface area contributed by atoms with Gasteiger partial charge >= 0.3 is 0 Å². The van der Waals surface area contributed by atoms with Crippen LogP contribution in [-0.4, -0.2) is 24.5 Å². The molecule has 0 aliphatic carbocycles. The number of carbonyl (C=O) groups excluding carboxylic acids is 2. The predicted molar refractivity (Wildman–Crippen MR) is 124 cm³/mol. The molecular formula is C25H25ClN2O3. The van der Waals surface area contributed by atoms with Gasteiger partial charge in [0.05, 0.1) is 11.3 Å². The molecule has 0 heterocycles. The van der Waals surface area contributed by atoms with Gasteiger partial charge in [0.1, 0.15) is 5.75 Å². The maximum Gasteiger partial charge on any atom is 0.265 e. The molecular weight excluding hydrogens is 412 g/mol. The minimum Gasteiger partial charge on any atom is -0.481 e. The van der Waals surface area contributed by atoms with E-state index >= 15 is 0 Å². The van der Waals surface area contributed by atoms with E-state index in [1.165, 1.54) is 0 Å². The Hall–Kier alpha value is -3.31. The summed E-state index contributed by atoms with van der Waals surface area (Å²) in [5, 5.41) is 6.34. The molecule has 0 aliphatic rings. The monoisotopic (exact) mass is 436 g/mol. The van der Waals surface area contributed by atoms with Gasteiger partial charge in [0, 0.05) is 11.6 Å². The molecule has 3 rings (SSSR count). The lowest BCUT2D eigenvalue weighted by Gasteiger charge is -2.17. The van der Waals surface area contributed by atoms with Crippen molar-refractivity contribution in [1.29, 1.82) is 0 Å². The highest BCUT2D eigenvalue weighted by molar-refractivity contribution is 6.31. The summed E-state index contributed by atoms with van der Waals surface area (Å²) >= 11 is 6.03. The van der Waals surface area contributed by atoms with E-state index in [0.717, 1.165) is 17.5 Å². The average molecular weight is 437 g/mol. The first-order valence-corrected chi connectivity index (χ1v) is 10.5. The maximum absolute atomic E-state index is 12.7. The molecule has 0 unspecified atom stereocenters. The number of rotatable bonds is 8. The fourth-order valence-corrected chi connectivity index (χ4v) is 3.15. The Morgan fingerprint density at radius 1 is 1.00 bits per heavy atom. The van der Waals surface area contributed by atoms with Crippen LogP contribution in [0.3, 0.4) is 0 Å². The Morgan fingerprint density at radius 3 is 2.45 bits per heavy atom. The standard InChI is InChI=1S/C25H25ClN2O3/c1-17-16-20(12-13-22(17)26)31-18(2)24(29)28-23-11-7-6-10-21(23)25(30)27-15-14-19-8-4-3-5-9-19/h3-13,16,18H,14-15H2,1-2H3,(H,27,30)(H,28,29)/t18-/m0/s1. The molecule has 0 aliphatic heterocycles. The number of amides is 2. The molecule has 160 valence electrons. The minimum absolute atomic E-state index is 0.242. The molecule has 0 saturated heterocycles. The number of benzene rings is 3. The number of halogens is 1. The summed E-state index contributed by atoms with van der Waals surface area (Å²) in [6.45, 7) is 4.02. The van der Waals surface area contributed by atoms with Crippen molar-refractivity contribution < 1.29 is 14.3 Å². The van der Waals surface area contributed by atoms with Gasteiger partial charge in [-0.05, 0) is 61.7 Å². The molecule has 1 atom stereocenters. The molecule has 31 heavy (non-hydrogen) atoms. The molecule has 0 radical (unpaired) electrons. The van der Waals surface area contributed by atoms with Crippen molar-refractivity contribution in [3.8, 4) is 5.75 Å². The zero-order valence-corrected chi connectivity index (χ0v) is 18.3. The predicted octanol–water partition coefficient (Wildman–Crippen LogP) is 5.03. The van der Waals surface area contributed by atoms with Crippen LogP contribution >= 0.6 is 11.6 Å². The van der Waals surface area contributed by atoms with Gasteiger partial charge in [0.25, 0.3) is 11.8 Å². The van der Waals surface area contributed by atoms with E-state index in [2.05, 4.69) is 10.6 Å². The van der Waals surface area contributed by atoms with Gasteiger partial charge in [0.15, 0.2) is 6.10 Å². The number of para-hydroxylation sites is 1. The Bertz CT molecular complexity index is 1050. The highest BCUT2D eigenvalue weighted by Crippen LogP contribution is 2.22. The van der Waals surface area contributed by atoms with E-state index in [9.17, 15) is 9.59 Å². The summed E-state index contributed by atoms with van der Waals surface area (Å²) in [6, 6.07) is 22.1. The lowest BCUT2D eigenvalue weighted by molar-refractivity contribution is -0.122. The Balaban J connectivity index is 1.60. The molecule has 6 heteroatoms. The SMILES string of the molecule is Cc1cc(O[C@@H](C)C(=O)Nc2ccccc2C(=O)NCCc2ccccc2)ccc1Cl. The van der Waals surface area contributed by atoms with E-state index in [0.29, 0.717) is 28.6 Å². The summed E-state index contributed by atoms with van der Waals surface area (Å²) in [7, 11) is 0. The van der Waals surface area contributed by atoms with Gasteiger partial charge < -0.3 is 15.4 Å². The smallest absolute Gasteiger partial charge is 0.265 e. The van der Waals surface area contributed by atoms with Crippen molar-refractivity contribution in [1.82, 2.24) is 5.32 Å². The van der Waals surface area contributed by atoms with Gasteiger partial charge in [0.2, 0.25) is 0 Å². The molecule has 2 N–H and O–H groups in total. The molecule has 2 amide bonds. The Kier molecular flexibility index (Phi) is 7.68. The first kappa shape index (κ1) is 22.4. The second-order valence-corrected chi connectivity index (χ2v) is 7.60. The normalized spacial score (nSPS) is 11.5. The highest BCUT2D eigenvalue weighted by Gasteiger charge is 2.18. The van der Waals surface area contributed by atoms with Crippen LogP contribution in [0.15, 0.2) is 72.8 Å². The van der Waals surface area contributed by atoms with Crippen LogP contribution in [-0.2, 0) is 11.2 Å². The molecule has 0 bridgehead atoms. The third-order valence-corrected chi connectivity index (χ3v) is 5.21. The van der Waals surface area contributed by atoms with Crippen molar-refractivity contribution in [3.63, 3.8) is 0 Å². The fourth-order valence-electron chi connectivity index (χ4n) is 3.03. The van der Waals surface area contributed by atoms with Crippen molar-refractivity contribution in [3.05, 3.63) is 94.5 Å². The van der Waals surface area contributed by atoms with Gasteiger partial charge in [-0.25, -0.2) is 0 Å². The number of carbonyl (C=O) groups is 2. The fraction of sp³-hybridized carbons (Fsp3) is 0.200. The number of nitrogens with one attached hydrogen (secondary N) is 2. The summed E-state index contributed by atoms with van der Waals surface area (Å²) in [4.78, 5) is 25.3. The molecule has 0 spiro atoms. The second kappa shape index (κ2) is 10.6. The molecule has 0 fully saturated rings. The molecule has 0 saturated carbocycles. The van der Waals surface area contributed by atoms with Crippen LogP contribution in [0.4, 0.5) is 5.69 Å². The van der Waals surface area contributed by atoms with E-state index in [1.54, 1.807) is 49.4 Å².